The van der Waals surface area contributed by atoms with Gasteiger partial charge in [0.2, 0.25) is 0 Å². The maximum absolute atomic E-state index is 12.5. The van der Waals surface area contributed by atoms with Crippen LogP contribution < -0.4 is 5.73 Å². The zero-order chi connectivity index (χ0) is 35.6. The van der Waals surface area contributed by atoms with Gasteiger partial charge in [-0.15, -0.1) is 0 Å². The van der Waals surface area contributed by atoms with Crippen molar-refractivity contribution in [3.8, 4) is 0 Å². The van der Waals surface area contributed by atoms with Gasteiger partial charge in [-0.3, -0.25) is 18.6 Å². The fourth-order valence-electron chi connectivity index (χ4n) is 4.99. The molecule has 0 radical (unpaired) electrons. The first-order valence-corrected chi connectivity index (χ1v) is 20.4. The van der Waals surface area contributed by atoms with Crippen LogP contribution in [0.5, 0.6) is 0 Å². The van der Waals surface area contributed by atoms with E-state index >= 15 is 0 Å². The second-order valence-corrected chi connectivity index (χ2v) is 14.2. The predicted octanol–water partition coefficient (Wildman–Crippen LogP) is 9.58. The van der Waals surface area contributed by atoms with E-state index in [1.165, 1.54) is 83.5 Å². The molecule has 0 aliphatic heterocycles. The first kappa shape index (κ1) is 46.5. The molecular formula is C37H70NO9P. The minimum atomic E-state index is -4.60. The highest BCUT2D eigenvalue weighted by Crippen LogP contribution is 2.43. The van der Waals surface area contributed by atoms with Crippen molar-refractivity contribution in [1.82, 2.24) is 0 Å². The summed E-state index contributed by atoms with van der Waals surface area (Å²) in [4.78, 5) is 33.3. The fourth-order valence-corrected chi connectivity index (χ4v) is 5.76. The molecule has 0 aromatic carbocycles. The third-order valence-corrected chi connectivity index (χ3v) is 8.93. The number of phosphoric ester groups is 1. The number of ether oxygens (including phenoxy) is 2. The first-order valence-electron chi connectivity index (χ1n) is 18.9. The summed E-state index contributed by atoms with van der Waals surface area (Å²) in [6.45, 7) is 3.80. The quantitative estimate of drug-likeness (QED) is 0.0249. The molecular weight excluding hydrogens is 633 g/mol. The van der Waals surface area contributed by atoms with Crippen LogP contribution in [0.3, 0.4) is 0 Å². The van der Waals surface area contributed by atoms with Crippen molar-refractivity contribution in [2.75, 3.05) is 26.4 Å². The van der Waals surface area contributed by atoms with Gasteiger partial charge < -0.3 is 25.2 Å². The molecule has 0 fully saturated rings. The van der Waals surface area contributed by atoms with E-state index in [2.05, 4.69) is 42.7 Å². The van der Waals surface area contributed by atoms with Crippen molar-refractivity contribution >= 4 is 19.8 Å². The lowest BCUT2D eigenvalue weighted by molar-refractivity contribution is -0.154. The van der Waals surface area contributed by atoms with E-state index in [1.807, 2.05) is 0 Å². The number of allylic oxidation sites excluding steroid dienone is 4. The van der Waals surface area contributed by atoms with E-state index in [0.29, 0.717) is 13.0 Å². The third kappa shape index (κ3) is 33.0. The standard InChI is InChI=1S/C37H70NO9P/c1-3-5-7-9-11-13-14-15-16-17-18-19-20-22-24-26-28-30-44-31-34(32-45-48(42,43)46-33-35(38)37(40)41)47-36(39)29-27-25-23-21-12-10-8-6-4-2/h13-14,16-17,34-35H,3-12,15,18-33,38H2,1-2H3,(H,40,41)(H,42,43)/b14-13-,17-16-. The highest BCUT2D eigenvalue weighted by atomic mass is 31.2. The number of esters is 1. The van der Waals surface area contributed by atoms with E-state index < -0.39 is 45.1 Å². The Morgan fingerprint density at radius 1 is 0.667 bits per heavy atom. The first-order chi connectivity index (χ1) is 23.2. The van der Waals surface area contributed by atoms with Crippen molar-refractivity contribution in [1.29, 1.82) is 0 Å². The normalized spacial score (nSPS) is 14.4. The van der Waals surface area contributed by atoms with Gasteiger partial charge in [0.05, 0.1) is 19.8 Å². The summed E-state index contributed by atoms with van der Waals surface area (Å²) >= 11 is 0. The largest absolute Gasteiger partial charge is 0.480 e. The molecule has 3 atom stereocenters. The lowest BCUT2D eigenvalue weighted by Crippen LogP contribution is -2.34. The second-order valence-electron chi connectivity index (χ2n) is 12.7. The van der Waals surface area contributed by atoms with E-state index in [1.54, 1.807) is 0 Å². The summed E-state index contributed by atoms with van der Waals surface area (Å²) in [5.74, 6) is -1.79. The van der Waals surface area contributed by atoms with Gasteiger partial charge in [0, 0.05) is 13.0 Å². The minimum absolute atomic E-state index is 0.0124. The van der Waals surface area contributed by atoms with Crippen LogP contribution in [-0.4, -0.2) is 60.5 Å². The summed E-state index contributed by atoms with van der Waals surface area (Å²) in [6.07, 6.45) is 33.8. The van der Waals surface area contributed by atoms with Gasteiger partial charge in [-0.25, -0.2) is 4.57 Å². The average Bonchev–Trinajstić information content (AvgIpc) is 3.06. The average molecular weight is 704 g/mol. The monoisotopic (exact) mass is 703 g/mol. The Kier molecular flexibility index (Phi) is 32.8. The zero-order valence-corrected chi connectivity index (χ0v) is 31.2. The number of hydrogen-bond donors (Lipinski definition) is 3. The topological polar surface area (TPSA) is 155 Å². The van der Waals surface area contributed by atoms with Crippen LogP contribution in [0.15, 0.2) is 24.3 Å². The Balaban J connectivity index is 4.27. The Hall–Kier alpha value is -1.55. The number of unbranched alkanes of at least 4 members (excludes halogenated alkanes) is 18. The summed E-state index contributed by atoms with van der Waals surface area (Å²) in [7, 11) is -4.60. The number of rotatable bonds is 36. The molecule has 3 unspecified atom stereocenters. The van der Waals surface area contributed by atoms with Gasteiger partial charge in [-0.1, -0.05) is 134 Å². The molecule has 0 saturated heterocycles. The molecule has 48 heavy (non-hydrogen) atoms. The molecule has 0 saturated carbocycles. The Morgan fingerprint density at radius 2 is 1.15 bits per heavy atom. The van der Waals surface area contributed by atoms with Crippen LogP contribution in [0, 0.1) is 0 Å². The van der Waals surface area contributed by atoms with Crippen molar-refractivity contribution in [2.45, 2.75) is 174 Å². The van der Waals surface area contributed by atoms with Crippen molar-refractivity contribution < 1.29 is 42.7 Å². The molecule has 0 rings (SSSR count). The molecule has 282 valence electrons. The van der Waals surface area contributed by atoms with E-state index in [0.717, 1.165) is 51.4 Å². The molecule has 0 aromatic heterocycles. The number of carboxylic acid groups (broad SMARTS) is 1. The van der Waals surface area contributed by atoms with E-state index in [9.17, 15) is 19.0 Å². The summed E-state index contributed by atoms with van der Waals surface area (Å²) in [6, 6.07) is -1.47. The van der Waals surface area contributed by atoms with Crippen LogP contribution in [-0.2, 0) is 32.7 Å². The maximum atomic E-state index is 12.5. The lowest BCUT2D eigenvalue weighted by Gasteiger charge is -2.20. The van der Waals surface area contributed by atoms with Gasteiger partial charge in [-0.05, 0) is 44.9 Å². The number of carboxylic acids is 1. The fraction of sp³-hybridized carbons (Fsp3) is 0.838. The summed E-state index contributed by atoms with van der Waals surface area (Å²) < 4.78 is 33.1. The highest BCUT2D eigenvalue weighted by molar-refractivity contribution is 7.47. The smallest absolute Gasteiger partial charge is 0.472 e. The molecule has 0 spiro atoms. The molecule has 11 heteroatoms. The van der Waals surface area contributed by atoms with Crippen LogP contribution >= 0.6 is 7.82 Å². The van der Waals surface area contributed by atoms with Crippen LogP contribution in [0.1, 0.15) is 162 Å². The maximum Gasteiger partial charge on any atom is 0.472 e. The number of aliphatic carboxylic acids is 1. The Morgan fingerprint density at radius 3 is 1.71 bits per heavy atom. The van der Waals surface area contributed by atoms with Gasteiger partial charge in [-0.2, -0.15) is 0 Å². The number of phosphoric acid groups is 1. The molecule has 0 bridgehead atoms. The van der Waals surface area contributed by atoms with Gasteiger partial charge in [0.25, 0.3) is 0 Å². The van der Waals surface area contributed by atoms with Crippen LogP contribution in [0.25, 0.3) is 0 Å². The Bertz CT molecular complexity index is 868. The van der Waals surface area contributed by atoms with Crippen molar-refractivity contribution in [2.24, 2.45) is 5.73 Å². The molecule has 0 heterocycles. The minimum Gasteiger partial charge on any atom is -0.480 e. The number of hydrogen-bond acceptors (Lipinski definition) is 8. The summed E-state index contributed by atoms with van der Waals surface area (Å²) in [5, 5.41) is 8.85. The lowest BCUT2D eigenvalue weighted by atomic mass is 10.1. The number of carbonyl (C=O) groups is 2. The van der Waals surface area contributed by atoms with Crippen molar-refractivity contribution in [3.63, 3.8) is 0 Å². The van der Waals surface area contributed by atoms with Crippen LogP contribution in [0.2, 0.25) is 0 Å². The number of carbonyl (C=O) groups excluding carboxylic acids is 1. The zero-order valence-electron chi connectivity index (χ0n) is 30.3. The van der Waals surface area contributed by atoms with Gasteiger partial charge >= 0.3 is 19.8 Å². The van der Waals surface area contributed by atoms with Gasteiger partial charge in [0.15, 0.2) is 0 Å². The SMILES string of the molecule is CCCCCC/C=C\C/C=C\CCCCCCCCOCC(COP(=O)(O)OCC(N)C(=O)O)OC(=O)CCCCCCCCCCC. The number of nitrogens with two attached hydrogens (primary N) is 1. The molecule has 0 aliphatic carbocycles. The second kappa shape index (κ2) is 33.9. The van der Waals surface area contributed by atoms with Gasteiger partial charge in [0.1, 0.15) is 12.1 Å². The Labute approximate surface area is 292 Å². The summed E-state index contributed by atoms with van der Waals surface area (Å²) in [5.41, 5.74) is 5.33. The molecule has 0 aromatic rings. The third-order valence-electron chi connectivity index (χ3n) is 7.98. The molecule has 0 aliphatic rings. The van der Waals surface area contributed by atoms with Crippen molar-refractivity contribution in [3.05, 3.63) is 24.3 Å². The van der Waals surface area contributed by atoms with E-state index in [-0.39, 0.29) is 13.0 Å². The molecule has 10 nitrogen and oxygen atoms in total. The van der Waals surface area contributed by atoms with E-state index in [4.69, 9.17) is 24.8 Å². The molecule has 0 amide bonds. The van der Waals surface area contributed by atoms with Crippen LogP contribution in [0.4, 0.5) is 0 Å². The predicted molar refractivity (Wildman–Crippen MR) is 194 cm³/mol. The highest BCUT2D eigenvalue weighted by Gasteiger charge is 2.27. The molecule has 4 N–H and O–H groups in total.